The minimum Gasteiger partial charge on any atom is -0.347 e. The van der Waals surface area contributed by atoms with Gasteiger partial charge in [0.15, 0.2) is 0 Å². The van der Waals surface area contributed by atoms with Gasteiger partial charge >= 0.3 is 0 Å². The molecule has 0 saturated carbocycles. The molecule has 1 N–H and O–H groups in total. The first kappa shape index (κ1) is 13.4. The normalized spacial score (nSPS) is 12.2. The second-order valence-electron chi connectivity index (χ2n) is 5.92. The molecule has 16 heavy (non-hydrogen) atoms. The van der Waals surface area contributed by atoms with Gasteiger partial charge in [0.25, 0.3) is 0 Å². The van der Waals surface area contributed by atoms with Crippen LogP contribution in [-0.4, -0.2) is 9.97 Å². The first-order chi connectivity index (χ1) is 7.20. The number of aryl methyl sites for hydroxylation is 1. The third-order valence-corrected chi connectivity index (χ3v) is 2.79. The lowest BCUT2D eigenvalue weighted by Crippen LogP contribution is -2.14. The molecule has 90 valence electrons. The fourth-order valence-corrected chi connectivity index (χ4v) is 2.42. The number of rotatable bonds is 2. The van der Waals surface area contributed by atoms with E-state index in [-0.39, 0.29) is 5.41 Å². The van der Waals surface area contributed by atoms with E-state index in [0.29, 0.717) is 5.92 Å². The molecule has 0 aliphatic heterocycles. The van der Waals surface area contributed by atoms with Gasteiger partial charge < -0.3 is 4.98 Å². The molecule has 0 atom stereocenters. The van der Waals surface area contributed by atoms with Gasteiger partial charge in [0.2, 0.25) is 0 Å². The first-order valence-corrected chi connectivity index (χ1v) is 6.21. The van der Waals surface area contributed by atoms with Crippen LogP contribution in [0.5, 0.6) is 0 Å². The molecule has 0 radical (unpaired) electrons. The predicted molar refractivity (Wildman–Crippen MR) is 71.4 cm³/mol. The van der Waals surface area contributed by atoms with E-state index in [4.69, 9.17) is 12.2 Å². The molecule has 0 amide bonds. The van der Waals surface area contributed by atoms with Crippen LogP contribution in [0.2, 0.25) is 0 Å². The summed E-state index contributed by atoms with van der Waals surface area (Å²) in [7, 11) is 0. The molecule has 0 unspecified atom stereocenters. The summed E-state index contributed by atoms with van der Waals surface area (Å²) in [6.07, 6.45) is 0.926. The molecular weight excluding hydrogens is 216 g/mol. The summed E-state index contributed by atoms with van der Waals surface area (Å²) >= 11 is 5.36. The van der Waals surface area contributed by atoms with Gasteiger partial charge in [-0.15, -0.1) is 0 Å². The third kappa shape index (κ3) is 3.41. The Kier molecular flexibility index (Phi) is 3.89. The van der Waals surface area contributed by atoms with Crippen LogP contribution < -0.4 is 0 Å². The van der Waals surface area contributed by atoms with Gasteiger partial charge in [0.1, 0.15) is 10.5 Å². The van der Waals surface area contributed by atoms with Crippen LogP contribution in [0.1, 0.15) is 57.6 Å². The minimum absolute atomic E-state index is 0.233. The zero-order valence-corrected chi connectivity index (χ0v) is 12.0. The minimum atomic E-state index is 0.233. The van der Waals surface area contributed by atoms with Gasteiger partial charge in [-0.25, -0.2) is 4.98 Å². The zero-order chi connectivity index (χ0) is 12.5. The summed E-state index contributed by atoms with van der Waals surface area (Å²) in [6, 6.07) is 0. The van der Waals surface area contributed by atoms with Gasteiger partial charge in [-0.3, -0.25) is 0 Å². The van der Waals surface area contributed by atoms with Crippen LogP contribution in [-0.2, 0) is 6.42 Å². The fraction of sp³-hybridized carbons (Fsp3) is 0.692. The third-order valence-electron chi connectivity index (χ3n) is 2.48. The number of aromatic nitrogens is 2. The predicted octanol–water partition coefficient (Wildman–Crippen LogP) is 4.16. The molecule has 0 aliphatic carbocycles. The topological polar surface area (TPSA) is 28.7 Å². The molecule has 3 heteroatoms. The van der Waals surface area contributed by atoms with E-state index >= 15 is 0 Å². The van der Waals surface area contributed by atoms with Gasteiger partial charge in [-0.2, -0.15) is 0 Å². The Morgan fingerprint density at radius 1 is 1.31 bits per heavy atom. The molecular formula is C13H22N2S. The van der Waals surface area contributed by atoms with Crippen molar-refractivity contribution in [2.24, 2.45) is 5.41 Å². The summed E-state index contributed by atoms with van der Waals surface area (Å²) in [4.78, 5) is 7.88. The van der Waals surface area contributed by atoms with Crippen LogP contribution in [0.3, 0.4) is 0 Å². The van der Waals surface area contributed by atoms with E-state index in [0.717, 1.165) is 22.6 Å². The molecule has 2 nitrogen and oxygen atoms in total. The Hall–Kier alpha value is -0.700. The zero-order valence-electron chi connectivity index (χ0n) is 11.1. The summed E-state index contributed by atoms with van der Waals surface area (Å²) in [6.45, 7) is 13.0. The Balaban J connectivity index is 3.16. The molecule has 0 spiro atoms. The van der Waals surface area contributed by atoms with Gasteiger partial charge in [0, 0.05) is 17.7 Å². The van der Waals surface area contributed by atoms with Gasteiger partial charge in [-0.05, 0) is 18.3 Å². The van der Waals surface area contributed by atoms with Crippen molar-refractivity contribution < 1.29 is 0 Å². The second kappa shape index (κ2) is 4.66. The monoisotopic (exact) mass is 238 g/mol. The maximum atomic E-state index is 5.36. The van der Waals surface area contributed by atoms with Crippen LogP contribution in [0.15, 0.2) is 0 Å². The highest BCUT2D eigenvalue weighted by Gasteiger charge is 2.15. The number of hydrogen-bond acceptors (Lipinski definition) is 2. The lowest BCUT2D eigenvalue weighted by Gasteiger charge is -2.19. The standard InChI is InChI=1S/C13H22N2S/c1-8(2)11-9(3)14-10(15-12(11)16)7-13(4,5)6/h8H,7H2,1-6H3,(H,14,15,16). The van der Waals surface area contributed by atoms with Crippen molar-refractivity contribution >= 4 is 12.2 Å². The molecule has 1 aromatic rings. The van der Waals surface area contributed by atoms with Crippen molar-refractivity contribution in [3.8, 4) is 0 Å². The Morgan fingerprint density at radius 2 is 1.88 bits per heavy atom. The Labute approximate surface area is 104 Å². The summed E-state index contributed by atoms with van der Waals surface area (Å²) < 4.78 is 0.755. The Bertz CT molecular complexity index is 425. The van der Waals surface area contributed by atoms with Crippen molar-refractivity contribution in [1.82, 2.24) is 9.97 Å². The second-order valence-corrected chi connectivity index (χ2v) is 6.31. The van der Waals surface area contributed by atoms with Crippen molar-refractivity contribution in [2.75, 3.05) is 0 Å². The maximum absolute atomic E-state index is 5.36. The van der Waals surface area contributed by atoms with E-state index in [1.54, 1.807) is 0 Å². The summed E-state index contributed by atoms with van der Waals surface area (Å²) in [5.74, 6) is 1.43. The smallest absolute Gasteiger partial charge is 0.133 e. The summed E-state index contributed by atoms with van der Waals surface area (Å²) in [5.41, 5.74) is 2.57. The molecule has 0 aromatic carbocycles. The number of nitrogens with zero attached hydrogens (tertiary/aromatic N) is 1. The van der Waals surface area contributed by atoms with Crippen LogP contribution in [0.4, 0.5) is 0 Å². The molecule has 0 bridgehead atoms. The van der Waals surface area contributed by atoms with Gasteiger partial charge in [-0.1, -0.05) is 46.8 Å². The molecule has 1 heterocycles. The lowest BCUT2D eigenvalue weighted by atomic mass is 9.92. The average Bonchev–Trinajstić information content (AvgIpc) is 1.96. The fourth-order valence-electron chi connectivity index (χ4n) is 1.92. The van der Waals surface area contributed by atoms with E-state index in [9.17, 15) is 0 Å². The lowest BCUT2D eigenvalue weighted by molar-refractivity contribution is 0.399. The van der Waals surface area contributed by atoms with Crippen LogP contribution in [0, 0.1) is 17.0 Å². The number of nitrogens with one attached hydrogen (secondary N) is 1. The molecule has 0 saturated heterocycles. The van der Waals surface area contributed by atoms with Crippen LogP contribution in [0.25, 0.3) is 0 Å². The summed E-state index contributed by atoms with van der Waals surface area (Å²) in [5, 5.41) is 0. The van der Waals surface area contributed by atoms with Gasteiger partial charge in [0.05, 0.1) is 0 Å². The van der Waals surface area contributed by atoms with E-state index in [2.05, 4.69) is 51.5 Å². The van der Waals surface area contributed by atoms with Crippen molar-refractivity contribution in [2.45, 2.75) is 53.9 Å². The van der Waals surface area contributed by atoms with E-state index in [1.807, 2.05) is 0 Å². The number of aromatic amines is 1. The highest BCUT2D eigenvalue weighted by molar-refractivity contribution is 7.71. The van der Waals surface area contributed by atoms with Crippen molar-refractivity contribution in [3.05, 3.63) is 21.7 Å². The highest BCUT2D eigenvalue weighted by atomic mass is 32.1. The van der Waals surface area contributed by atoms with Crippen molar-refractivity contribution in [3.63, 3.8) is 0 Å². The largest absolute Gasteiger partial charge is 0.347 e. The number of hydrogen-bond donors (Lipinski definition) is 1. The van der Waals surface area contributed by atoms with E-state index < -0.39 is 0 Å². The first-order valence-electron chi connectivity index (χ1n) is 5.80. The van der Waals surface area contributed by atoms with E-state index in [1.165, 1.54) is 5.56 Å². The highest BCUT2D eigenvalue weighted by Crippen LogP contribution is 2.22. The molecule has 1 rings (SSSR count). The number of H-pyrrole nitrogens is 1. The average molecular weight is 238 g/mol. The SMILES string of the molecule is Cc1[nH]c(CC(C)(C)C)nc(=S)c1C(C)C. The van der Waals surface area contributed by atoms with Crippen molar-refractivity contribution in [1.29, 1.82) is 0 Å². The molecule has 0 aliphatic rings. The Morgan fingerprint density at radius 3 is 2.25 bits per heavy atom. The maximum Gasteiger partial charge on any atom is 0.133 e. The van der Waals surface area contributed by atoms with Crippen LogP contribution >= 0.6 is 12.2 Å². The quantitative estimate of drug-likeness (QED) is 0.784. The molecule has 0 fully saturated rings. The molecule has 1 aromatic heterocycles.